The van der Waals surface area contributed by atoms with Gasteiger partial charge in [0.1, 0.15) is 17.0 Å². The van der Waals surface area contributed by atoms with Gasteiger partial charge in [-0.1, -0.05) is 12.2 Å². The van der Waals surface area contributed by atoms with Gasteiger partial charge in [-0.15, -0.1) is 10.2 Å². The molecule has 0 saturated heterocycles. The summed E-state index contributed by atoms with van der Waals surface area (Å²) in [6, 6.07) is 1.68. The molecule has 7 nitrogen and oxygen atoms in total. The number of hydrogen-bond donors (Lipinski definition) is 2. The lowest BCUT2D eigenvalue weighted by molar-refractivity contribution is 0.712. The molecule has 3 N–H and O–H groups in total. The average Bonchev–Trinajstić information content (AvgIpc) is 2.74. The van der Waals surface area contributed by atoms with Crippen molar-refractivity contribution in [3.05, 3.63) is 29.6 Å². The van der Waals surface area contributed by atoms with Crippen molar-refractivity contribution in [2.75, 3.05) is 5.32 Å². The van der Waals surface area contributed by atoms with Gasteiger partial charge in [-0.05, 0) is 19.9 Å². The molecule has 0 radical (unpaired) electrons. The highest BCUT2D eigenvalue weighted by molar-refractivity contribution is 7.80. The van der Waals surface area contributed by atoms with Gasteiger partial charge < -0.3 is 15.6 Å². The van der Waals surface area contributed by atoms with Crippen molar-refractivity contribution >= 4 is 23.2 Å². The summed E-state index contributed by atoms with van der Waals surface area (Å²) in [5, 5.41) is 11.0. The highest BCUT2D eigenvalue weighted by atomic mass is 32.1. The van der Waals surface area contributed by atoms with Crippen LogP contribution in [0.4, 0.5) is 5.95 Å². The van der Waals surface area contributed by atoms with E-state index in [0.29, 0.717) is 11.6 Å². The first-order valence-corrected chi connectivity index (χ1v) is 6.14. The van der Waals surface area contributed by atoms with Gasteiger partial charge in [0.25, 0.3) is 0 Å². The molecule has 0 aliphatic rings. The van der Waals surface area contributed by atoms with Crippen molar-refractivity contribution in [3.63, 3.8) is 0 Å². The van der Waals surface area contributed by atoms with Crippen LogP contribution >= 0.6 is 12.2 Å². The number of nitrogens with zero attached hydrogens (tertiary/aromatic N) is 5. The molecule has 0 bridgehead atoms. The van der Waals surface area contributed by atoms with E-state index in [1.165, 1.54) is 0 Å². The zero-order valence-electron chi connectivity index (χ0n) is 11.0. The molecule has 0 spiro atoms. The maximum absolute atomic E-state index is 5.59. The Bertz CT molecular complexity index is 607. The van der Waals surface area contributed by atoms with Gasteiger partial charge in [-0.25, -0.2) is 9.97 Å². The first kappa shape index (κ1) is 13.3. The monoisotopic (exact) mass is 277 g/mol. The number of thiocarbonyl (C=S) groups is 1. The Morgan fingerprint density at radius 2 is 2.21 bits per heavy atom. The summed E-state index contributed by atoms with van der Waals surface area (Å²) >= 11 is 4.93. The van der Waals surface area contributed by atoms with Crippen molar-refractivity contribution in [1.29, 1.82) is 0 Å². The van der Waals surface area contributed by atoms with Gasteiger partial charge in [0.2, 0.25) is 5.95 Å². The molecule has 100 valence electrons. The smallest absolute Gasteiger partial charge is 0.224 e. The number of nitrogens with two attached hydrogens (primary N) is 1. The molecule has 2 aromatic heterocycles. The van der Waals surface area contributed by atoms with Crippen LogP contribution in [0.3, 0.4) is 0 Å². The number of anilines is 1. The summed E-state index contributed by atoms with van der Waals surface area (Å²) in [5.41, 5.74) is 6.94. The third-order valence-electron chi connectivity index (χ3n) is 2.59. The van der Waals surface area contributed by atoms with Crippen LogP contribution in [0.25, 0.3) is 0 Å². The van der Waals surface area contributed by atoms with Gasteiger partial charge in [0, 0.05) is 12.7 Å². The van der Waals surface area contributed by atoms with Crippen LogP contribution < -0.4 is 11.1 Å². The second-order valence-electron chi connectivity index (χ2n) is 4.25. The van der Waals surface area contributed by atoms with Crippen LogP contribution in [0.5, 0.6) is 0 Å². The molecule has 0 amide bonds. The quantitative estimate of drug-likeness (QED) is 0.795. The van der Waals surface area contributed by atoms with Gasteiger partial charge in [0.15, 0.2) is 5.82 Å². The fourth-order valence-corrected chi connectivity index (χ4v) is 1.81. The molecule has 19 heavy (non-hydrogen) atoms. The van der Waals surface area contributed by atoms with Crippen LogP contribution in [-0.2, 0) is 7.05 Å². The fraction of sp³-hybridized carbons (Fsp3) is 0.364. The normalized spacial score (nSPS) is 12.2. The minimum Gasteiger partial charge on any atom is -0.388 e. The zero-order valence-corrected chi connectivity index (χ0v) is 11.8. The van der Waals surface area contributed by atoms with Crippen LogP contribution in [-0.4, -0.2) is 29.7 Å². The minimum absolute atomic E-state index is 0.0755. The Labute approximate surface area is 116 Å². The molecular weight excluding hydrogens is 262 g/mol. The topological polar surface area (TPSA) is 94.5 Å². The summed E-state index contributed by atoms with van der Waals surface area (Å²) in [5.74, 6) is 1.26. The van der Waals surface area contributed by atoms with E-state index in [-0.39, 0.29) is 11.0 Å². The summed E-state index contributed by atoms with van der Waals surface area (Å²) in [6.07, 6.45) is 1.64. The molecule has 8 heteroatoms. The highest BCUT2D eigenvalue weighted by Crippen LogP contribution is 2.14. The number of nitrogens with one attached hydrogen (secondary N) is 1. The minimum atomic E-state index is -0.0755. The van der Waals surface area contributed by atoms with E-state index in [9.17, 15) is 0 Å². The number of hydrogen-bond acceptors (Lipinski definition) is 6. The molecule has 0 aromatic carbocycles. The number of aryl methyl sites for hydroxylation is 2. The first-order valence-electron chi connectivity index (χ1n) is 5.73. The maximum Gasteiger partial charge on any atom is 0.224 e. The lowest BCUT2D eigenvalue weighted by Crippen LogP contribution is -2.17. The molecule has 0 aliphatic heterocycles. The van der Waals surface area contributed by atoms with Gasteiger partial charge in [-0.3, -0.25) is 0 Å². The van der Waals surface area contributed by atoms with E-state index in [1.54, 1.807) is 12.4 Å². The van der Waals surface area contributed by atoms with Crippen molar-refractivity contribution in [2.45, 2.75) is 19.9 Å². The predicted octanol–water partition coefficient (Wildman–Crippen LogP) is 0.721. The van der Waals surface area contributed by atoms with Crippen molar-refractivity contribution in [1.82, 2.24) is 24.7 Å². The fourth-order valence-electron chi connectivity index (χ4n) is 1.70. The molecule has 2 rings (SSSR count). The second kappa shape index (κ2) is 5.27. The standard InChI is InChI=1S/C11H15N7S/c1-6-4-8(9(12)19)16-11(14-6)15-7(2)10-17-13-5-18(10)3/h4-5,7H,1-3H3,(H2,12,19)(H,14,15,16). The molecule has 0 saturated carbocycles. The second-order valence-corrected chi connectivity index (χ2v) is 4.69. The van der Waals surface area contributed by atoms with Crippen molar-refractivity contribution < 1.29 is 0 Å². The maximum atomic E-state index is 5.59. The largest absolute Gasteiger partial charge is 0.388 e. The highest BCUT2D eigenvalue weighted by Gasteiger charge is 2.13. The lowest BCUT2D eigenvalue weighted by atomic mass is 10.3. The molecule has 0 fully saturated rings. The van der Waals surface area contributed by atoms with E-state index < -0.39 is 0 Å². The summed E-state index contributed by atoms with van der Waals surface area (Å²) in [4.78, 5) is 8.82. The van der Waals surface area contributed by atoms with E-state index in [1.807, 2.05) is 25.5 Å². The predicted molar refractivity (Wildman–Crippen MR) is 75.7 cm³/mol. The molecule has 1 unspecified atom stereocenters. The summed E-state index contributed by atoms with van der Waals surface area (Å²) in [6.45, 7) is 3.82. The molecular formula is C11H15N7S. The van der Waals surface area contributed by atoms with Gasteiger partial charge in [-0.2, -0.15) is 0 Å². The Balaban J connectivity index is 2.24. The van der Waals surface area contributed by atoms with E-state index in [4.69, 9.17) is 18.0 Å². The van der Waals surface area contributed by atoms with Crippen LogP contribution in [0.1, 0.15) is 30.2 Å². The summed E-state index contributed by atoms with van der Waals surface area (Å²) < 4.78 is 1.84. The Hall–Kier alpha value is -2.09. The van der Waals surface area contributed by atoms with E-state index in [2.05, 4.69) is 25.5 Å². The SMILES string of the molecule is Cc1cc(C(N)=S)nc(NC(C)c2nncn2C)n1. The third-order valence-corrected chi connectivity index (χ3v) is 2.80. The van der Waals surface area contributed by atoms with Crippen molar-refractivity contribution in [2.24, 2.45) is 12.8 Å². The number of rotatable bonds is 4. The zero-order chi connectivity index (χ0) is 14.0. The summed E-state index contributed by atoms with van der Waals surface area (Å²) in [7, 11) is 1.88. The first-order chi connectivity index (χ1) is 8.97. The van der Waals surface area contributed by atoms with E-state index >= 15 is 0 Å². The lowest BCUT2D eigenvalue weighted by Gasteiger charge is -2.13. The van der Waals surface area contributed by atoms with Gasteiger partial charge in [0.05, 0.1) is 6.04 Å². The number of aromatic nitrogens is 5. The Kier molecular flexibility index (Phi) is 3.70. The van der Waals surface area contributed by atoms with Gasteiger partial charge >= 0.3 is 0 Å². The Morgan fingerprint density at radius 1 is 1.47 bits per heavy atom. The third kappa shape index (κ3) is 3.02. The molecule has 2 aromatic rings. The van der Waals surface area contributed by atoms with Crippen LogP contribution in [0, 0.1) is 6.92 Å². The average molecular weight is 277 g/mol. The molecule has 2 heterocycles. The molecule has 0 aliphatic carbocycles. The van der Waals surface area contributed by atoms with E-state index in [0.717, 1.165) is 11.5 Å². The van der Waals surface area contributed by atoms with Crippen molar-refractivity contribution in [3.8, 4) is 0 Å². The Morgan fingerprint density at radius 3 is 2.79 bits per heavy atom. The van der Waals surface area contributed by atoms with Crippen LogP contribution in [0.15, 0.2) is 12.4 Å². The van der Waals surface area contributed by atoms with Crippen LogP contribution in [0.2, 0.25) is 0 Å². The molecule has 1 atom stereocenters.